The second kappa shape index (κ2) is 7.64. The number of nitrogens with zero attached hydrogens (tertiary/aromatic N) is 2. The van der Waals surface area contributed by atoms with E-state index in [2.05, 4.69) is 48.2 Å². The largest absolute Gasteiger partial charge is 0.433 e. The summed E-state index contributed by atoms with van der Waals surface area (Å²) < 4.78 is 38.9. The number of hydrogen-bond donors (Lipinski definition) is 1. The smallest absolute Gasteiger partial charge is 0.354 e. The van der Waals surface area contributed by atoms with Crippen molar-refractivity contribution in [1.82, 2.24) is 9.97 Å². The minimum Gasteiger partial charge on any atom is -0.354 e. The zero-order chi connectivity index (χ0) is 18.7. The van der Waals surface area contributed by atoms with Gasteiger partial charge in [0.25, 0.3) is 0 Å². The van der Waals surface area contributed by atoms with Gasteiger partial charge >= 0.3 is 6.18 Å². The molecule has 1 heterocycles. The van der Waals surface area contributed by atoms with Crippen LogP contribution < -0.4 is 5.32 Å². The lowest BCUT2D eigenvalue weighted by molar-refractivity contribution is -0.141. The number of alkyl halides is 3. The lowest BCUT2D eigenvalue weighted by Crippen LogP contribution is -2.12. The van der Waals surface area contributed by atoms with E-state index in [1.807, 2.05) is 12.1 Å². The highest BCUT2D eigenvalue weighted by Gasteiger charge is 2.33. The van der Waals surface area contributed by atoms with Crippen molar-refractivity contribution in [3.63, 3.8) is 0 Å². The predicted molar refractivity (Wildman–Crippen MR) is 95.9 cm³/mol. The van der Waals surface area contributed by atoms with Crippen molar-refractivity contribution in [1.29, 1.82) is 0 Å². The molecule has 0 saturated carbocycles. The molecule has 1 N–H and O–H groups in total. The maximum atomic E-state index is 13.0. The second-order valence-corrected chi connectivity index (χ2v) is 7.67. The molecule has 1 aromatic carbocycles. The van der Waals surface area contributed by atoms with Crippen LogP contribution in [0.4, 0.5) is 19.1 Å². The third kappa shape index (κ3) is 5.63. The maximum Gasteiger partial charge on any atom is 0.433 e. The number of nitrogens with one attached hydrogen (secondary N) is 1. The Kier molecular flexibility index (Phi) is 5.98. The Hall–Kier alpha value is -1.76. The number of thioether (sulfide) groups is 1. The molecule has 3 nitrogen and oxygen atoms in total. The van der Waals surface area contributed by atoms with Crippen molar-refractivity contribution >= 4 is 17.7 Å². The summed E-state index contributed by atoms with van der Waals surface area (Å²) in [4.78, 5) is 7.68. The van der Waals surface area contributed by atoms with Gasteiger partial charge in [-0.3, -0.25) is 0 Å². The van der Waals surface area contributed by atoms with Gasteiger partial charge < -0.3 is 5.32 Å². The first-order chi connectivity index (χ1) is 11.6. The Balaban J connectivity index is 2.15. The van der Waals surface area contributed by atoms with Crippen LogP contribution in [-0.2, 0) is 17.3 Å². The van der Waals surface area contributed by atoms with Gasteiger partial charge in [0.1, 0.15) is 5.03 Å². The summed E-state index contributed by atoms with van der Waals surface area (Å²) in [6, 6.07) is 9.12. The highest BCUT2D eigenvalue weighted by atomic mass is 32.2. The van der Waals surface area contributed by atoms with E-state index in [-0.39, 0.29) is 11.4 Å². The average Bonchev–Trinajstić information content (AvgIpc) is 2.52. The van der Waals surface area contributed by atoms with E-state index in [1.54, 1.807) is 6.92 Å². The van der Waals surface area contributed by atoms with Gasteiger partial charge in [0, 0.05) is 18.4 Å². The van der Waals surface area contributed by atoms with Crippen LogP contribution in [0.15, 0.2) is 35.4 Å². The van der Waals surface area contributed by atoms with Crippen LogP contribution in [0.1, 0.15) is 44.5 Å². The van der Waals surface area contributed by atoms with E-state index in [4.69, 9.17) is 0 Å². The fourth-order valence-corrected chi connectivity index (χ4v) is 2.99. The molecule has 0 aliphatic heterocycles. The maximum absolute atomic E-state index is 13.0. The molecular formula is C18H22F3N3S. The Labute approximate surface area is 150 Å². The molecular weight excluding hydrogens is 347 g/mol. The molecule has 0 saturated heterocycles. The van der Waals surface area contributed by atoms with Crippen LogP contribution in [0.3, 0.4) is 0 Å². The molecule has 0 bridgehead atoms. The number of aromatic nitrogens is 2. The van der Waals surface area contributed by atoms with E-state index in [0.717, 1.165) is 11.6 Å². The Morgan fingerprint density at radius 2 is 1.68 bits per heavy atom. The Bertz CT molecular complexity index is 707. The molecule has 0 atom stereocenters. The number of benzene rings is 1. The summed E-state index contributed by atoms with van der Waals surface area (Å²) in [7, 11) is 0. The summed E-state index contributed by atoms with van der Waals surface area (Å²) in [5.41, 5.74) is 1.40. The lowest BCUT2D eigenvalue weighted by Gasteiger charge is -2.19. The fraction of sp³-hybridized carbons (Fsp3) is 0.444. The van der Waals surface area contributed by atoms with Gasteiger partial charge in [0.2, 0.25) is 5.95 Å². The van der Waals surface area contributed by atoms with Gasteiger partial charge in [0.15, 0.2) is 5.69 Å². The van der Waals surface area contributed by atoms with Crippen LogP contribution in [0, 0.1) is 0 Å². The zero-order valence-electron chi connectivity index (χ0n) is 14.7. The number of rotatable bonds is 5. The summed E-state index contributed by atoms with van der Waals surface area (Å²) in [5, 5.41) is 3.05. The van der Waals surface area contributed by atoms with Crippen LogP contribution in [0.25, 0.3) is 0 Å². The minimum atomic E-state index is -4.49. The van der Waals surface area contributed by atoms with Gasteiger partial charge in [-0.25, -0.2) is 9.97 Å². The Morgan fingerprint density at radius 1 is 1.04 bits per heavy atom. The van der Waals surface area contributed by atoms with Crippen molar-refractivity contribution in [3.8, 4) is 0 Å². The zero-order valence-corrected chi connectivity index (χ0v) is 15.6. The molecule has 2 aromatic rings. The van der Waals surface area contributed by atoms with Crippen LogP contribution in [-0.4, -0.2) is 16.5 Å². The fourth-order valence-electron chi connectivity index (χ4n) is 2.14. The monoisotopic (exact) mass is 369 g/mol. The number of anilines is 1. The third-order valence-corrected chi connectivity index (χ3v) is 4.52. The average molecular weight is 369 g/mol. The van der Waals surface area contributed by atoms with E-state index in [1.165, 1.54) is 17.3 Å². The summed E-state index contributed by atoms with van der Waals surface area (Å²) in [6.07, 6.45) is -4.49. The number of hydrogen-bond acceptors (Lipinski definition) is 4. The first-order valence-electron chi connectivity index (χ1n) is 8.02. The predicted octanol–water partition coefficient (Wildman–Crippen LogP) is 5.52. The molecule has 7 heteroatoms. The first-order valence-corrected chi connectivity index (χ1v) is 9.00. The third-order valence-electron chi connectivity index (χ3n) is 3.53. The molecule has 0 fully saturated rings. The second-order valence-electron chi connectivity index (χ2n) is 6.68. The van der Waals surface area contributed by atoms with E-state index >= 15 is 0 Å². The molecule has 0 aliphatic carbocycles. The normalized spacial score (nSPS) is 12.3. The van der Waals surface area contributed by atoms with Gasteiger partial charge in [0.05, 0.1) is 0 Å². The molecule has 0 amide bonds. The van der Waals surface area contributed by atoms with E-state index in [9.17, 15) is 13.2 Å². The standard InChI is InChI=1S/C18H22F3N3S/c1-5-22-16-23-14(18(19,20)21)10-15(24-16)25-11-12-6-8-13(9-7-12)17(2,3)4/h6-10H,5,11H2,1-4H3,(H,22,23,24). The van der Waals surface area contributed by atoms with Crippen LogP contribution in [0.5, 0.6) is 0 Å². The van der Waals surface area contributed by atoms with Crippen LogP contribution >= 0.6 is 11.8 Å². The molecule has 0 unspecified atom stereocenters. The lowest BCUT2D eigenvalue weighted by atomic mass is 9.87. The molecule has 136 valence electrons. The first kappa shape index (κ1) is 19.6. The molecule has 0 spiro atoms. The summed E-state index contributed by atoms with van der Waals surface area (Å²) >= 11 is 1.27. The SMILES string of the molecule is CCNc1nc(SCc2ccc(C(C)(C)C)cc2)cc(C(F)(F)F)n1. The molecule has 1 aromatic heterocycles. The van der Waals surface area contributed by atoms with Crippen molar-refractivity contribution in [2.75, 3.05) is 11.9 Å². The van der Waals surface area contributed by atoms with E-state index < -0.39 is 11.9 Å². The minimum absolute atomic E-state index is 0.00269. The summed E-state index contributed by atoms with van der Waals surface area (Å²) in [5.74, 6) is 0.549. The van der Waals surface area contributed by atoms with Crippen molar-refractivity contribution in [2.24, 2.45) is 0 Å². The quantitative estimate of drug-likeness (QED) is 0.556. The van der Waals surface area contributed by atoms with Crippen molar-refractivity contribution in [3.05, 3.63) is 47.2 Å². The Morgan fingerprint density at radius 3 is 2.20 bits per heavy atom. The molecule has 0 radical (unpaired) electrons. The topological polar surface area (TPSA) is 37.8 Å². The van der Waals surface area contributed by atoms with Crippen molar-refractivity contribution < 1.29 is 13.2 Å². The molecule has 2 rings (SSSR count). The highest BCUT2D eigenvalue weighted by molar-refractivity contribution is 7.98. The van der Waals surface area contributed by atoms with E-state index in [0.29, 0.717) is 17.3 Å². The summed E-state index contributed by atoms with van der Waals surface area (Å²) in [6.45, 7) is 8.66. The van der Waals surface area contributed by atoms with Gasteiger partial charge in [-0.1, -0.05) is 45.0 Å². The van der Waals surface area contributed by atoms with Gasteiger partial charge in [-0.2, -0.15) is 13.2 Å². The van der Waals surface area contributed by atoms with Crippen molar-refractivity contribution in [2.45, 2.75) is 50.1 Å². The molecule has 25 heavy (non-hydrogen) atoms. The van der Waals surface area contributed by atoms with Crippen LogP contribution in [0.2, 0.25) is 0 Å². The van der Waals surface area contributed by atoms with Gasteiger partial charge in [-0.15, -0.1) is 11.8 Å². The highest BCUT2D eigenvalue weighted by Crippen LogP contribution is 2.32. The molecule has 0 aliphatic rings. The number of halogens is 3. The van der Waals surface area contributed by atoms with Gasteiger partial charge in [-0.05, 0) is 23.5 Å².